The van der Waals surface area contributed by atoms with E-state index in [4.69, 9.17) is 13.5 Å². The molecule has 0 saturated carbocycles. The average molecular weight is 352 g/mol. The molecule has 1 atom stereocenters. The predicted octanol–water partition coefficient (Wildman–Crippen LogP) is 4.62. The summed E-state index contributed by atoms with van der Waals surface area (Å²) in [5, 5.41) is 0.0178. The van der Waals surface area contributed by atoms with E-state index in [1.165, 1.54) is 14.2 Å². The van der Waals surface area contributed by atoms with Crippen LogP contribution in [0.15, 0.2) is 0 Å². The second-order valence-corrected chi connectivity index (χ2v) is 14.1. The molecule has 132 valence electrons. The van der Waals surface area contributed by atoms with Crippen LogP contribution in [0, 0.1) is 0 Å². The van der Waals surface area contributed by atoms with Crippen molar-refractivity contribution in [3.05, 3.63) is 0 Å². The van der Waals surface area contributed by atoms with Crippen molar-refractivity contribution in [1.29, 1.82) is 0 Å². The van der Waals surface area contributed by atoms with Crippen molar-refractivity contribution < 1.29 is 22.8 Å². The van der Waals surface area contributed by atoms with Crippen molar-refractivity contribution in [3.63, 3.8) is 0 Å². The monoisotopic (exact) mass is 352 g/mol. The van der Waals surface area contributed by atoms with E-state index in [2.05, 4.69) is 40.8 Å². The van der Waals surface area contributed by atoms with E-state index < -0.39 is 22.0 Å². The van der Waals surface area contributed by atoms with Crippen LogP contribution in [-0.2, 0) is 22.8 Å². The molecule has 0 heterocycles. The topological polar surface area (TPSA) is 61.8 Å². The number of rotatable bonds is 10. The molecule has 0 radical (unpaired) electrons. The minimum atomic E-state index is -3.34. The van der Waals surface area contributed by atoms with E-state index in [9.17, 15) is 9.36 Å². The van der Waals surface area contributed by atoms with Crippen LogP contribution in [0.1, 0.15) is 47.0 Å². The summed E-state index contributed by atoms with van der Waals surface area (Å²) < 4.78 is 28.2. The van der Waals surface area contributed by atoms with Crippen molar-refractivity contribution in [3.8, 4) is 0 Å². The Hall–Kier alpha value is -0.00312. The van der Waals surface area contributed by atoms with Gasteiger partial charge in [0.05, 0.1) is 0 Å². The Labute approximate surface area is 136 Å². The van der Waals surface area contributed by atoms with Crippen molar-refractivity contribution in [2.45, 2.75) is 71.2 Å². The van der Waals surface area contributed by atoms with Gasteiger partial charge in [-0.1, -0.05) is 40.5 Å². The average Bonchev–Trinajstić information content (AvgIpc) is 2.41. The molecule has 0 bridgehead atoms. The molecule has 22 heavy (non-hydrogen) atoms. The highest BCUT2D eigenvalue weighted by Gasteiger charge is 2.41. The lowest BCUT2D eigenvalue weighted by Crippen LogP contribution is -2.46. The summed E-state index contributed by atoms with van der Waals surface area (Å²) in [5.41, 5.74) is 0. The van der Waals surface area contributed by atoms with Gasteiger partial charge in [0, 0.05) is 14.2 Å². The Morgan fingerprint density at radius 2 is 1.68 bits per heavy atom. The van der Waals surface area contributed by atoms with Crippen LogP contribution in [0.25, 0.3) is 0 Å². The molecular weight excluding hydrogens is 319 g/mol. The Bertz CT molecular complexity index is 395. The van der Waals surface area contributed by atoms with E-state index >= 15 is 0 Å². The molecule has 0 amide bonds. The molecule has 0 saturated heterocycles. The van der Waals surface area contributed by atoms with Crippen LogP contribution in [0.5, 0.6) is 0 Å². The van der Waals surface area contributed by atoms with Crippen LogP contribution in [0.2, 0.25) is 18.1 Å². The highest BCUT2D eigenvalue weighted by Crippen LogP contribution is 2.47. The van der Waals surface area contributed by atoms with E-state index in [-0.39, 0.29) is 17.0 Å². The zero-order chi connectivity index (χ0) is 17.6. The maximum Gasteiger partial charge on any atom is 0.337 e. The van der Waals surface area contributed by atoms with E-state index in [0.29, 0.717) is 6.42 Å². The van der Waals surface area contributed by atoms with Gasteiger partial charge >= 0.3 is 7.60 Å². The van der Waals surface area contributed by atoms with Crippen LogP contribution < -0.4 is 0 Å². The SMILES string of the molecule is CCCCC(O[Si](C)(C)C(C)(C)C)C(=O)CP(=O)(OC)OC. The third kappa shape index (κ3) is 6.63. The summed E-state index contributed by atoms with van der Waals surface area (Å²) in [5.74, 6) is -0.190. The first kappa shape index (κ1) is 22.0. The predicted molar refractivity (Wildman–Crippen MR) is 93.1 cm³/mol. The molecule has 0 fully saturated rings. The number of carbonyl (C=O) groups excluding carboxylic acids is 1. The first-order chi connectivity index (χ1) is 9.92. The van der Waals surface area contributed by atoms with Gasteiger partial charge in [0.2, 0.25) is 0 Å². The molecule has 1 unspecified atom stereocenters. The molecule has 0 aliphatic carbocycles. The summed E-state index contributed by atoms with van der Waals surface area (Å²) in [4.78, 5) is 12.6. The van der Waals surface area contributed by atoms with Crippen LogP contribution >= 0.6 is 7.60 Å². The van der Waals surface area contributed by atoms with Gasteiger partial charge in [0.15, 0.2) is 14.1 Å². The minimum Gasteiger partial charge on any atom is -0.407 e. The van der Waals surface area contributed by atoms with Gasteiger partial charge in [0.25, 0.3) is 0 Å². The lowest BCUT2D eigenvalue weighted by molar-refractivity contribution is -0.124. The molecule has 0 aromatic carbocycles. The third-order valence-corrected chi connectivity index (χ3v) is 10.6. The number of hydrogen-bond acceptors (Lipinski definition) is 5. The zero-order valence-corrected chi connectivity index (χ0v) is 17.3. The Kier molecular flexibility index (Phi) is 8.74. The quantitative estimate of drug-likeness (QED) is 0.424. The van der Waals surface area contributed by atoms with Gasteiger partial charge in [0.1, 0.15) is 12.3 Å². The van der Waals surface area contributed by atoms with Crippen LogP contribution in [0.4, 0.5) is 0 Å². The normalized spacial score (nSPS) is 14.9. The Morgan fingerprint density at radius 1 is 1.18 bits per heavy atom. The third-order valence-electron chi connectivity index (χ3n) is 4.33. The molecule has 5 nitrogen and oxygen atoms in total. The number of unbranched alkanes of at least 4 members (excludes halogenated alkanes) is 1. The van der Waals surface area contributed by atoms with Gasteiger partial charge in [-0.25, -0.2) is 0 Å². The molecule has 0 N–H and O–H groups in total. The van der Waals surface area contributed by atoms with Crippen molar-refractivity contribution in [2.24, 2.45) is 0 Å². The second-order valence-electron chi connectivity index (χ2n) is 7.11. The van der Waals surface area contributed by atoms with Gasteiger partial charge in [-0.05, 0) is 24.6 Å². The molecule has 0 rings (SSSR count). The molecule has 0 aromatic rings. The summed E-state index contributed by atoms with van der Waals surface area (Å²) in [6.45, 7) is 12.7. The van der Waals surface area contributed by atoms with Crippen LogP contribution in [0.3, 0.4) is 0 Å². The van der Waals surface area contributed by atoms with E-state index in [0.717, 1.165) is 12.8 Å². The molecular formula is C15H33O5PSi. The minimum absolute atomic E-state index is 0.0178. The summed E-state index contributed by atoms with van der Waals surface area (Å²) in [6.07, 6.45) is 1.77. The van der Waals surface area contributed by atoms with Crippen molar-refractivity contribution >= 4 is 21.7 Å². The standard InChI is InChI=1S/C15H33O5PSi/c1-9-10-11-14(20-22(7,8)15(2,3)4)13(16)12-21(17,18-5)19-6/h14H,9-12H2,1-8H3. The first-order valence-corrected chi connectivity index (χ1v) is 12.5. The second kappa shape index (κ2) is 8.74. The van der Waals surface area contributed by atoms with Gasteiger partial charge in [-0.2, -0.15) is 0 Å². The number of ketones is 1. The lowest BCUT2D eigenvalue weighted by Gasteiger charge is -2.39. The fourth-order valence-electron chi connectivity index (χ4n) is 1.70. The van der Waals surface area contributed by atoms with E-state index in [1.54, 1.807) is 0 Å². The summed E-state index contributed by atoms with van der Waals surface area (Å²) in [6, 6.07) is 0. The molecule has 0 spiro atoms. The molecule has 7 heteroatoms. The number of carbonyl (C=O) groups is 1. The highest BCUT2D eigenvalue weighted by atomic mass is 31.2. The zero-order valence-electron chi connectivity index (χ0n) is 15.4. The first-order valence-electron chi connectivity index (χ1n) is 7.83. The fraction of sp³-hybridized carbons (Fsp3) is 0.933. The van der Waals surface area contributed by atoms with Gasteiger partial charge in [-0.3, -0.25) is 9.36 Å². The fourth-order valence-corrected chi connectivity index (χ4v) is 4.01. The molecule has 0 aromatic heterocycles. The summed E-state index contributed by atoms with van der Waals surface area (Å²) in [7, 11) is -2.81. The highest BCUT2D eigenvalue weighted by molar-refractivity contribution is 7.54. The van der Waals surface area contributed by atoms with Crippen LogP contribution in [-0.4, -0.2) is 40.6 Å². The van der Waals surface area contributed by atoms with Crippen molar-refractivity contribution in [1.82, 2.24) is 0 Å². The molecule has 0 aliphatic heterocycles. The largest absolute Gasteiger partial charge is 0.407 e. The smallest absolute Gasteiger partial charge is 0.337 e. The van der Waals surface area contributed by atoms with Gasteiger partial charge < -0.3 is 13.5 Å². The van der Waals surface area contributed by atoms with Gasteiger partial charge in [-0.15, -0.1) is 0 Å². The summed E-state index contributed by atoms with van der Waals surface area (Å²) >= 11 is 0. The maximum atomic E-state index is 12.6. The Balaban J connectivity index is 5.13. The van der Waals surface area contributed by atoms with Crippen molar-refractivity contribution in [2.75, 3.05) is 20.4 Å². The van der Waals surface area contributed by atoms with E-state index in [1.807, 2.05) is 0 Å². The number of hydrogen-bond donors (Lipinski definition) is 0. The Morgan fingerprint density at radius 3 is 2.05 bits per heavy atom. The lowest BCUT2D eigenvalue weighted by atomic mass is 10.1. The number of Topliss-reactive ketones (excluding diaryl/α,β-unsaturated/α-hetero) is 1. The maximum absolute atomic E-state index is 12.6. The molecule has 0 aliphatic rings.